The van der Waals surface area contributed by atoms with Gasteiger partial charge in [0.05, 0.1) is 12.8 Å². The zero-order chi connectivity index (χ0) is 11.7. The van der Waals surface area contributed by atoms with Gasteiger partial charge in [0.15, 0.2) is 4.47 Å². The normalized spacial score (nSPS) is 10.5. The van der Waals surface area contributed by atoms with Crippen LogP contribution in [0.3, 0.4) is 0 Å². The van der Waals surface area contributed by atoms with E-state index < -0.39 is 0 Å². The summed E-state index contributed by atoms with van der Waals surface area (Å²) in [5.41, 5.74) is 4.30. The Morgan fingerprint density at radius 1 is 1.25 bits per heavy atom. The molecule has 0 saturated carbocycles. The number of rotatable bonds is 2. The zero-order valence-corrected chi connectivity index (χ0v) is 10.9. The number of aromatic nitrogens is 1. The second-order valence-corrected chi connectivity index (χ2v) is 5.06. The van der Waals surface area contributed by atoms with Crippen LogP contribution in [0.1, 0.15) is 11.1 Å². The van der Waals surface area contributed by atoms with Gasteiger partial charge >= 0.3 is 0 Å². The summed E-state index contributed by atoms with van der Waals surface area (Å²) < 4.78 is 5.92. The molecule has 2 nitrogen and oxygen atoms in total. The van der Waals surface area contributed by atoms with Gasteiger partial charge in [0, 0.05) is 10.9 Å². The lowest BCUT2D eigenvalue weighted by molar-refractivity contribution is 0.416. The lowest BCUT2D eigenvalue weighted by Crippen LogP contribution is -1.91. The van der Waals surface area contributed by atoms with E-state index in [0.717, 1.165) is 17.0 Å². The van der Waals surface area contributed by atoms with Gasteiger partial charge in [-0.25, -0.2) is 4.98 Å². The van der Waals surface area contributed by atoms with Crippen molar-refractivity contribution in [3.8, 4) is 17.0 Å². The monoisotopic (exact) mass is 253 g/mol. The largest absolute Gasteiger partial charge is 0.496 e. The topological polar surface area (TPSA) is 22.1 Å². The molecule has 0 aliphatic rings. The first-order valence-corrected chi connectivity index (χ1v) is 6.14. The number of hydrogen-bond donors (Lipinski definition) is 0. The summed E-state index contributed by atoms with van der Waals surface area (Å²) in [7, 11) is 1.67. The number of ether oxygens (including phenoxy) is 1. The van der Waals surface area contributed by atoms with E-state index in [1.807, 2.05) is 11.4 Å². The van der Waals surface area contributed by atoms with Crippen LogP contribution >= 0.6 is 22.9 Å². The molecule has 0 amide bonds. The highest BCUT2D eigenvalue weighted by molar-refractivity contribution is 7.14. The van der Waals surface area contributed by atoms with Crippen molar-refractivity contribution in [2.45, 2.75) is 13.8 Å². The average molecular weight is 254 g/mol. The molecular formula is C12H12ClNOS. The fraction of sp³-hybridized carbons (Fsp3) is 0.250. The van der Waals surface area contributed by atoms with E-state index in [9.17, 15) is 0 Å². The van der Waals surface area contributed by atoms with E-state index >= 15 is 0 Å². The third-order valence-electron chi connectivity index (χ3n) is 2.57. The van der Waals surface area contributed by atoms with Crippen molar-refractivity contribution in [3.05, 3.63) is 33.1 Å². The van der Waals surface area contributed by atoms with Gasteiger partial charge in [0.2, 0.25) is 0 Å². The van der Waals surface area contributed by atoms with Gasteiger partial charge in [-0.3, -0.25) is 0 Å². The Morgan fingerprint density at radius 3 is 2.50 bits per heavy atom. The number of thiazole rings is 1. The van der Waals surface area contributed by atoms with Crippen molar-refractivity contribution in [3.63, 3.8) is 0 Å². The van der Waals surface area contributed by atoms with E-state index in [-0.39, 0.29) is 0 Å². The first kappa shape index (κ1) is 11.4. The van der Waals surface area contributed by atoms with E-state index in [0.29, 0.717) is 4.47 Å². The fourth-order valence-corrected chi connectivity index (χ4v) is 2.30. The molecule has 2 rings (SSSR count). The molecule has 0 aliphatic carbocycles. The maximum absolute atomic E-state index is 5.84. The van der Waals surface area contributed by atoms with Crippen LogP contribution < -0.4 is 4.74 Å². The molecule has 84 valence electrons. The predicted octanol–water partition coefficient (Wildman–Crippen LogP) is 4.09. The van der Waals surface area contributed by atoms with Crippen LogP contribution in [-0.2, 0) is 0 Å². The quantitative estimate of drug-likeness (QED) is 0.804. The molecule has 0 bridgehead atoms. The Balaban J connectivity index is 2.59. The molecule has 1 aromatic heterocycles. The number of aryl methyl sites for hydroxylation is 2. The molecule has 0 atom stereocenters. The van der Waals surface area contributed by atoms with Crippen LogP contribution in [-0.4, -0.2) is 12.1 Å². The van der Waals surface area contributed by atoms with Crippen molar-refractivity contribution in [2.75, 3.05) is 7.11 Å². The summed E-state index contributed by atoms with van der Waals surface area (Å²) in [4.78, 5) is 4.26. The molecule has 0 saturated heterocycles. The molecular weight excluding hydrogens is 242 g/mol. The van der Waals surface area contributed by atoms with E-state index in [2.05, 4.69) is 24.9 Å². The van der Waals surface area contributed by atoms with Crippen molar-refractivity contribution < 1.29 is 4.74 Å². The molecule has 0 fully saturated rings. The number of methoxy groups -OCH3 is 1. The van der Waals surface area contributed by atoms with Crippen LogP contribution in [0.4, 0.5) is 0 Å². The predicted molar refractivity (Wildman–Crippen MR) is 68.6 cm³/mol. The van der Waals surface area contributed by atoms with Crippen LogP contribution in [0.25, 0.3) is 11.3 Å². The molecule has 0 spiro atoms. The van der Waals surface area contributed by atoms with Crippen LogP contribution in [0.15, 0.2) is 17.5 Å². The molecule has 0 aliphatic heterocycles. The molecule has 4 heteroatoms. The minimum atomic E-state index is 0.551. The van der Waals surface area contributed by atoms with Gasteiger partial charge in [0.25, 0.3) is 0 Å². The number of nitrogens with zero attached hydrogens (tertiary/aromatic N) is 1. The first-order valence-electron chi connectivity index (χ1n) is 4.88. The zero-order valence-electron chi connectivity index (χ0n) is 9.37. The third kappa shape index (κ3) is 2.06. The third-order valence-corrected chi connectivity index (χ3v) is 3.55. The Kier molecular flexibility index (Phi) is 3.17. The number of hydrogen-bond acceptors (Lipinski definition) is 3. The van der Waals surface area contributed by atoms with Crippen LogP contribution in [0.2, 0.25) is 4.47 Å². The Bertz CT molecular complexity index is 522. The van der Waals surface area contributed by atoms with Gasteiger partial charge in [-0.05, 0) is 37.1 Å². The van der Waals surface area contributed by atoms with Gasteiger partial charge < -0.3 is 4.74 Å². The van der Waals surface area contributed by atoms with E-state index in [1.165, 1.54) is 22.5 Å². The molecule has 0 radical (unpaired) electrons. The summed E-state index contributed by atoms with van der Waals surface area (Å²) in [5.74, 6) is 0.838. The van der Waals surface area contributed by atoms with Gasteiger partial charge in [-0.1, -0.05) is 11.6 Å². The average Bonchev–Trinajstić information content (AvgIpc) is 2.68. The maximum Gasteiger partial charge on any atom is 0.184 e. The lowest BCUT2D eigenvalue weighted by Gasteiger charge is -2.09. The second-order valence-electron chi connectivity index (χ2n) is 3.62. The smallest absolute Gasteiger partial charge is 0.184 e. The molecule has 2 aromatic rings. The van der Waals surface area contributed by atoms with Gasteiger partial charge in [-0.2, -0.15) is 0 Å². The lowest BCUT2D eigenvalue weighted by atomic mass is 10.0. The van der Waals surface area contributed by atoms with Crippen molar-refractivity contribution in [1.82, 2.24) is 4.98 Å². The second kappa shape index (κ2) is 4.44. The highest BCUT2D eigenvalue weighted by Gasteiger charge is 2.11. The summed E-state index contributed by atoms with van der Waals surface area (Å²) in [6.07, 6.45) is 0. The Labute approximate surface area is 104 Å². The highest BCUT2D eigenvalue weighted by atomic mass is 35.5. The van der Waals surface area contributed by atoms with Gasteiger partial charge in [-0.15, -0.1) is 11.3 Å². The summed E-state index contributed by atoms with van der Waals surface area (Å²) >= 11 is 7.27. The Hall–Kier alpha value is -1.06. The van der Waals surface area contributed by atoms with Gasteiger partial charge in [0.1, 0.15) is 5.75 Å². The highest BCUT2D eigenvalue weighted by Crippen LogP contribution is 2.34. The van der Waals surface area contributed by atoms with Crippen molar-refractivity contribution >= 4 is 22.9 Å². The molecule has 0 N–H and O–H groups in total. The summed E-state index contributed by atoms with van der Waals surface area (Å²) in [6.45, 7) is 4.14. The number of benzene rings is 1. The van der Waals surface area contributed by atoms with Crippen LogP contribution in [0, 0.1) is 13.8 Å². The minimum absolute atomic E-state index is 0.551. The van der Waals surface area contributed by atoms with E-state index in [4.69, 9.17) is 16.3 Å². The van der Waals surface area contributed by atoms with Crippen LogP contribution in [0.5, 0.6) is 5.75 Å². The first-order chi connectivity index (χ1) is 7.61. The molecule has 1 heterocycles. The number of halogens is 1. The maximum atomic E-state index is 5.84. The summed E-state index contributed by atoms with van der Waals surface area (Å²) in [5, 5.41) is 1.94. The standard InChI is InChI=1S/C12H12ClNOS/c1-7-4-9(10-6-16-12(13)14-10)11(15-3)5-8(7)2/h4-6H,1-3H3. The molecule has 16 heavy (non-hydrogen) atoms. The minimum Gasteiger partial charge on any atom is -0.496 e. The summed E-state index contributed by atoms with van der Waals surface area (Å²) in [6, 6.07) is 4.11. The van der Waals surface area contributed by atoms with Crippen molar-refractivity contribution in [1.29, 1.82) is 0 Å². The molecule has 0 unspecified atom stereocenters. The van der Waals surface area contributed by atoms with E-state index in [1.54, 1.807) is 7.11 Å². The SMILES string of the molecule is COc1cc(C)c(C)cc1-c1csc(Cl)n1. The molecule has 1 aromatic carbocycles. The fourth-order valence-electron chi connectivity index (χ4n) is 1.53. The Morgan fingerprint density at radius 2 is 1.94 bits per heavy atom. The van der Waals surface area contributed by atoms with Crippen molar-refractivity contribution in [2.24, 2.45) is 0 Å².